The van der Waals surface area contributed by atoms with Gasteiger partial charge < -0.3 is 25.2 Å². The van der Waals surface area contributed by atoms with Gasteiger partial charge in [-0.1, -0.05) is 142 Å². The average Bonchev–Trinajstić information content (AvgIpc) is 3.05. The zero-order valence-corrected chi connectivity index (χ0v) is 31.0. The summed E-state index contributed by atoms with van der Waals surface area (Å²) in [4.78, 5) is 45.6. The van der Waals surface area contributed by atoms with Crippen molar-refractivity contribution in [3.8, 4) is 0 Å². The van der Waals surface area contributed by atoms with Gasteiger partial charge in [0.05, 0.1) is 13.2 Å². The molecule has 0 aromatic carbocycles. The second-order valence-electron chi connectivity index (χ2n) is 12.7. The van der Waals surface area contributed by atoms with Crippen LogP contribution < -0.4 is 5.73 Å². The van der Waals surface area contributed by atoms with E-state index in [9.17, 15) is 23.8 Å². The van der Waals surface area contributed by atoms with Crippen molar-refractivity contribution < 1.29 is 47.5 Å². The fourth-order valence-corrected chi connectivity index (χ4v) is 5.80. The molecule has 0 saturated carbocycles. The highest BCUT2D eigenvalue weighted by molar-refractivity contribution is 7.47. The van der Waals surface area contributed by atoms with Crippen LogP contribution in [0.5, 0.6) is 0 Å². The highest BCUT2D eigenvalue weighted by Gasteiger charge is 2.28. The summed E-state index contributed by atoms with van der Waals surface area (Å²) in [5.74, 6) is -2.44. The molecule has 0 aliphatic heterocycles. The van der Waals surface area contributed by atoms with Crippen LogP contribution >= 0.6 is 7.82 Å². The molecule has 0 heterocycles. The minimum absolute atomic E-state index is 0.0817. The summed E-state index contributed by atoms with van der Waals surface area (Å²) in [7, 11) is -4.71. The lowest BCUT2D eigenvalue weighted by Crippen LogP contribution is -2.34. The van der Waals surface area contributed by atoms with E-state index in [0.717, 1.165) is 32.1 Å². The number of esters is 2. The van der Waals surface area contributed by atoms with Crippen LogP contribution in [0.1, 0.15) is 168 Å². The van der Waals surface area contributed by atoms with E-state index in [1.54, 1.807) is 0 Å². The molecule has 0 aliphatic rings. The number of phosphoric acid groups is 1. The molecule has 0 aliphatic carbocycles. The fraction of sp³-hybridized carbons (Fsp3) is 0.861. The Balaban J connectivity index is 4.47. The van der Waals surface area contributed by atoms with E-state index < -0.39 is 51.1 Å². The molecule has 0 radical (unpaired) electrons. The van der Waals surface area contributed by atoms with Crippen molar-refractivity contribution in [2.24, 2.45) is 5.73 Å². The number of ether oxygens (including phenoxy) is 2. The van der Waals surface area contributed by atoms with Gasteiger partial charge in [0, 0.05) is 12.8 Å². The highest BCUT2D eigenvalue weighted by Crippen LogP contribution is 2.43. The summed E-state index contributed by atoms with van der Waals surface area (Å²) in [5, 5.41) is 8.84. The summed E-state index contributed by atoms with van der Waals surface area (Å²) in [6.45, 7) is 2.73. The first-order valence-electron chi connectivity index (χ1n) is 18.7. The minimum Gasteiger partial charge on any atom is -0.480 e. The van der Waals surface area contributed by atoms with Crippen LogP contribution in [0.25, 0.3) is 0 Å². The lowest BCUT2D eigenvalue weighted by Gasteiger charge is -2.20. The lowest BCUT2D eigenvalue weighted by molar-refractivity contribution is -0.161. The number of carbonyl (C=O) groups is 3. The van der Waals surface area contributed by atoms with Gasteiger partial charge in [-0.25, -0.2) is 4.57 Å². The molecule has 4 N–H and O–H groups in total. The van der Waals surface area contributed by atoms with Crippen LogP contribution in [0.4, 0.5) is 0 Å². The predicted octanol–water partition coefficient (Wildman–Crippen LogP) is 8.95. The number of hydrogen-bond acceptors (Lipinski definition) is 9. The number of carbonyl (C=O) groups excluding carboxylic acids is 2. The number of rotatable bonds is 35. The van der Waals surface area contributed by atoms with Crippen LogP contribution in [0.2, 0.25) is 0 Å². The van der Waals surface area contributed by atoms with Crippen molar-refractivity contribution >= 4 is 25.7 Å². The third-order valence-electron chi connectivity index (χ3n) is 8.03. The molecule has 12 heteroatoms. The topological polar surface area (TPSA) is 172 Å². The Morgan fingerprint density at radius 3 is 1.60 bits per heavy atom. The molecular weight excluding hydrogens is 637 g/mol. The molecule has 0 amide bonds. The van der Waals surface area contributed by atoms with Crippen LogP contribution in [0.3, 0.4) is 0 Å². The molecule has 11 nitrogen and oxygen atoms in total. The maximum Gasteiger partial charge on any atom is 0.472 e. The number of unbranched alkanes of at least 4 members (excludes halogenated alkanes) is 19. The van der Waals surface area contributed by atoms with Crippen molar-refractivity contribution in [3.05, 3.63) is 12.2 Å². The molecular formula is C36H68NO10P. The van der Waals surface area contributed by atoms with Gasteiger partial charge in [0.25, 0.3) is 0 Å². The zero-order valence-electron chi connectivity index (χ0n) is 30.1. The van der Waals surface area contributed by atoms with E-state index in [4.69, 9.17) is 24.8 Å². The minimum atomic E-state index is -4.71. The predicted molar refractivity (Wildman–Crippen MR) is 189 cm³/mol. The monoisotopic (exact) mass is 705 g/mol. The smallest absolute Gasteiger partial charge is 0.472 e. The van der Waals surface area contributed by atoms with Crippen molar-refractivity contribution in [3.63, 3.8) is 0 Å². The number of allylic oxidation sites excluding steroid dienone is 2. The van der Waals surface area contributed by atoms with E-state index in [2.05, 4.69) is 24.4 Å². The van der Waals surface area contributed by atoms with Crippen LogP contribution in [-0.2, 0) is 37.5 Å². The summed E-state index contributed by atoms with van der Waals surface area (Å²) in [6.07, 6.45) is 28.8. The number of nitrogens with two attached hydrogens (primary N) is 1. The quantitative estimate of drug-likeness (QED) is 0.0249. The third kappa shape index (κ3) is 31.5. The van der Waals surface area contributed by atoms with Gasteiger partial charge in [0.15, 0.2) is 6.10 Å². The van der Waals surface area contributed by atoms with Gasteiger partial charge in [0.1, 0.15) is 12.6 Å². The van der Waals surface area contributed by atoms with Gasteiger partial charge in [-0.2, -0.15) is 0 Å². The Hall–Kier alpha value is -1.78. The first-order chi connectivity index (χ1) is 23.1. The fourth-order valence-electron chi connectivity index (χ4n) is 5.02. The summed E-state index contributed by atoms with van der Waals surface area (Å²) < 4.78 is 32.4. The maximum atomic E-state index is 12.5. The van der Waals surface area contributed by atoms with Crippen LogP contribution in [0.15, 0.2) is 12.2 Å². The molecule has 0 aromatic rings. The summed E-state index contributed by atoms with van der Waals surface area (Å²) >= 11 is 0. The van der Waals surface area contributed by atoms with Gasteiger partial charge in [-0.3, -0.25) is 23.4 Å². The van der Waals surface area contributed by atoms with E-state index in [0.29, 0.717) is 12.8 Å². The Morgan fingerprint density at radius 1 is 0.625 bits per heavy atom. The molecule has 282 valence electrons. The number of phosphoric ester groups is 1. The molecule has 0 fully saturated rings. The summed E-state index contributed by atoms with van der Waals surface area (Å²) in [6, 6.07) is -1.52. The highest BCUT2D eigenvalue weighted by atomic mass is 31.2. The SMILES string of the molecule is CCCCCCCCCCCCC/C=C/CCC(=O)O[C@@H](COC(=O)CCCCCCCCCCC)COP(=O)(O)OC[C@H](N)C(=O)O. The Bertz CT molecular complexity index is 885. The molecule has 0 aromatic heterocycles. The standard InChI is InChI=1S/C36H68NO10P/c1-3-5-7-9-11-13-14-15-16-17-18-20-22-24-26-28-35(39)47-32(30-45-48(42,43)46-31-33(37)36(40)41)29-44-34(38)27-25-23-21-19-12-10-8-6-4-2/h22,24,32-33H,3-21,23,25-31,37H2,1-2H3,(H,40,41)(H,42,43)/b24-22+/t32-,33-/m0/s1. The maximum absolute atomic E-state index is 12.5. The largest absolute Gasteiger partial charge is 0.480 e. The Morgan fingerprint density at radius 2 is 1.08 bits per heavy atom. The van der Waals surface area contributed by atoms with E-state index >= 15 is 0 Å². The van der Waals surface area contributed by atoms with Gasteiger partial charge in [0.2, 0.25) is 0 Å². The Kier molecular flexibility index (Phi) is 31.2. The van der Waals surface area contributed by atoms with Crippen molar-refractivity contribution in [2.75, 3.05) is 19.8 Å². The molecule has 0 rings (SSSR count). The van der Waals surface area contributed by atoms with Gasteiger partial charge in [-0.15, -0.1) is 0 Å². The molecule has 1 unspecified atom stereocenters. The van der Waals surface area contributed by atoms with Gasteiger partial charge >= 0.3 is 25.7 Å². The zero-order chi connectivity index (χ0) is 35.7. The second kappa shape index (κ2) is 32.4. The van der Waals surface area contributed by atoms with Crippen molar-refractivity contribution in [2.45, 2.75) is 180 Å². The third-order valence-corrected chi connectivity index (χ3v) is 8.98. The lowest BCUT2D eigenvalue weighted by atomic mass is 10.1. The van der Waals surface area contributed by atoms with E-state index in [-0.39, 0.29) is 19.4 Å². The normalized spacial score (nSPS) is 14.1. The first kappa shape index (κ1) is 46.2. The van der Waals surface area contributed by atoms with E-state index in [1.165, 1.54) is 96.3 Å². The van der Waals surface area contributed by atoms with Crippen molar-refractivity contribution in [1.82, 2.24) is 0 Å². The molecule has 0 saturated heterocycles. The average molecular weight is 706 g/mol. The van der Waals surface area contributed by atoms with Crippen LogP contribution in [0, 0.1) is 0 Å². The number of carboxylic acid groups (broad SMARTS) is 1. The number of hydrogen-bond donors (Lipinski definition) is 3. The second-order valence-corrected chi connectivity index (χ2v) is 14.2. The molecule has 48 heavy (non-hydrogen) atoms. The van der Waals surface area contributed by atoms with Crippen LogP contribution in [-0.4, -0.2) is 59.9 Å². The first-order valence-corrected chi connectivity index (χ1v) is 20.2. The van der Waals surface area contributed by atoms with Crippen molar-refractivity contribution in [1.29, 1.82) is 0 Å². The molecule has 0 bridgehead atoms. The summed E-state index contributed by atoms with van der Waals surface area (Å²) in [5.41, 5.74) is 5.30. The number of aliphatic carboxylic acids is 1. The molecule has 3 atom stereocenters. The number of carboxylic acids is 1. The van der Waals surface area contributed by atoms with E-state index in [1.807, 2.05) is 6.08 Å². The molecule has 0 spiro atoms. The van der Waals surface area contributed by atoms with Gasteiger partial charge in [-0.05, 0) is 25.7 Å². The Labute approximate surface area is 290 Å².